The molecule has 2 N–H and O–H groups in total. The standard InChI is InChI=1S/C18H26N4O3S2/c1-5-19-17(20-7-6-9-26-18-21-8-10-27-18)22-13-11-14(23-2)16(25-4)15(12-13)24-3/h8,10-12H,5-7,9H2,1-4H3,(H2,19,20,22). The van der Waals surface area contributed by atoms with Gasteiger partial charge < -0.3 is 24.8 Å². The van der Waals surface area contributed by atoms with Crippen LogP contribution >= 0.6 is 23.1 Å². The van der Waals surface area contributed by atoms with Crippen LogP contribution in [0.15, 0.2) is 33.0 Å². The third kappa shape index (κ3) is 6.51. The number of anilines is 1. The number of guanidine groups is 1. The minimum atomic E-state index is 0.562. The number of hydrogen-bond acceptors (Lipinski definition) is 7. The summed E-state index contributed by atoms with van der Waals surface area (Å²) in [6.45, 7) is 3.52. The van der Waals surface area contributed by atoms with Gasteiger partial charge in [-0.2, -0.15) is 0 Å². The van der Waals surface area contributed by atoms with Crippen LogP contribution in [-0.2, 0) is 0 Å². The van der Waals surface area contributed by atoms with E-state index in [-0.39, 0.29) is 0 Å². The first-order chi connectivity index (χ1) is 13.2. The fourth-order valence-corrected chi connectivity index (χ4v) is 3.93. The van der Waals surface area contributed by atoms with E-state index in [1.54, 1.807) is 44.4 Å². The molecule has 0 saturated carbocycles. The molecule has 0 fully saturated rings. The number of hydrogen-bond donors (Lipinski definition) is 2. The van der Waals surface area contributed by atoms with Gasteiger partial charge in [0.05, 0.1) is 21.3 Å². The van der Waals surface area contributed by atoms with Gasteiger partial charge in [-0.1, -0.05) is 11.8 Å². The molecule has 1 heterocycles. The number of thiazole rings is 1. The van der Waals surface area contributed by atoms with E-state index in [0.717, 1.165) is 35.3 Å². The topological polar surface area (TPSA) is 77.0 Å². The van der Waals surface area contributed by atoms with E-state index in [9.17, 15) is 0 Å². The van der Waals surface area contributed by atoms with Crippen LogP contribution in [0.2, 0.25) is 0 Å². The van der Waals surface area contributed by atoms with Crippen LogP contribution in [-0.4, -0.2) is 51.1 Å². The molecule has 0 atom stereocenters. The molecule has 148 valence electrons. The lowest BCUT2D eigenvalue weighted by Crippen LogP contribution is -2.30. The number of ether oxygens (including phenoxy) is 3. The molecule has 9 heteroatoms. The summed E-state index contributed by atoms with van der Waals surface area (Å²) < 4.78 is 17.2. The zero-order valence-electron chi connectivity index (χ0n) is 16.1. The maximum Gasteiger partial charge on any atom is 0.203 e. The van der Waals surface area contributed by atoms with E-state index in [0.29, 0.717) is 23.2 Å². The lowest BCUT2D eigenvalue weighted by atomic mass is 10.2. The molecule has 0 bridgehead atoms. The second-order valence-corrected chi connectivity index (χ2v) is 7.54. The van der Waals surface area contributed by atoms with Crippen LogP contribution < -0.4 is 24.8 Å². The smallest absolute Gasteiger partial charge is 0.203 e. The Morgan fingerprint density at radius 3 is 2.48 bits per heavy atom. The van der Waals surface area contributed by atoms with E-state index in [1.165, 1.54) is 0 Å². The van der Waals surface area contributed by atoms with Crippen molar-refractivity contribution in [3.05, 3.63) is 23.7 Å². The number of aliphatic imine (C=N–C) groups is 1. The van der Waals surface area contributed by atoms with E-state index < -0.39 is 0 Å². The van der Waals surface area contributed by atoms with Crippen molar-refractivity contribution in [3.8, 4) is 17.2 Å². The highest BCUT2D eigenvalue weighted by Gasteiger charge is 2.13. The molecule has 0 aliphatic carbocycles. The van der Waals surface area contributed by atoms with Crippen molar-refractivity contribution < 1.29 is 14.2 Å². The number of rotatable bonds is 10. The maximum absolute atomic E-state index is 5.40. The highest BCUT2D eigenvalue weighted by atomic mass is 32.2. The fourth-order valence-electron chi connectivity index (χ4n) is 2.29. The Morgan fingerprint density at radius 2 is 1.93 bits per heavy atom. The summed E-state index contributed by atoms with van der Waals surface area (Å²) >= 11 is 3.42. The Morgan fingerprint density at radius 1 is 1.19 bits per heavy atom. The Kier molecular flexibility index (Phi) is 9.06. The number of thioether (sulfide) groups is 1. The largest absolute Gasteiger partial charge is 0.493 e. The third-order valence-electron chi connectivity index (χ3n) is 3.48. The summed E-state index contributed by atoms with van der Waals surface area (Å²) in [4.78, 5) is 8.90. The van der Waals surface area contributed by atoms with Crippen LogP contribution in [0.5, 0.6) is 17.2 Å². The summed E-state index contributed by atoms with van der Waals surface area (Å²) in [5.74, 6) is 3.45. The van der Waals surface area contributed by atoms with Crippen LogP contribution in [0.4, 0.5) is 5.69 Å². The van der Waals surface area contributed by atoms with Crippen molar-refractivity contribution >= 4 is 34.7 Å². The van der Waals surface area contributed by atoms with Gasteiger partial charge in [0.2, 0.25) is 5.75 Å². The van der Waals surface area contributed by atoms with Gasteiger partial charge in [0.25, 0.3) is 0 Å². The van der Waals surface area contributed by atoms with Gasteiger partial charge in [0, 0.05) is 48.2 Å². The highest BCUT2D eigenvalue weighted by molar-refractivity contribution is 8.00. The van der Waals surface area contributed by atoms with Crippen LogP contribution in [0, 0.1) is 0 Å². The molecule has 27 heavy (non-hydrogen) atoms. The average molecular weight is 411 g/mol. The summed E-state index contributed by atoms with van der Waals surface area (Å²) in [6, 6.07) is 3.71. The number of nitrogens with zero attached hydrogens (tertiary/aromatic N) is 2. The maximum atomic E-state index is 5.40. The quantitative estimate of drug-likeness (QED) is 0.267. The van der Waals surface area contributed by atoms with Crippen LogP contribution in [0.1, 0.15) is 13.3 Å². The summed E-state index contributed by atoms with van der Waals surface area (Å²) in [6.07, 6.45) is 2.80. The zero-order chi connectivity index (χ0) is 19.5. The molecule has 0 unspecified atom stereocenters. The van der Waals surface area contributed by atoms with Crippen molar-refractivity contribution in [2.75, 3.05) is 45.5 Å². The molecule has 1 aromatic carbocycles. The zero-order valence-corrected chi connectivity index (χ0v) is 17.7. The fraction of sp³-hybridized carbons (Fsp3) is 0.444. The van der Waals surface area contributed by atoms with Crippen LogP contribution in [0.3, 0.4) is 0 Å². The van der Waals surface area contributed by atoms with Gasteiger partial charge in [0.1, 0.15) is 4.34 Å². The molecule has 0 radical (unpaired) electrons. The molecular weight excluding hydrogens is 384 g/mol. The monoisotopic (exact) mass is 410 g/mol. The minimum Gasteiger partial charge on any atom is -0.493 e. The lowest BCUT2D eigenvalue weighted by molar-refractivity contribution is 0.324. The van der Waals surface area contributed by atoms with Gasteiger partial charge in [-0.3, -0.25) is 4.99 Å². The Bertz CT molecular complexity index is 698. The predicted molar refractivity (Wildman–Crippen MR) is 113 cm³/mol. The van der Waals surface area contributed by atoms with Gasteiger partial charge in [-0.15, -0.1) is 11.3 Å². The normalized spacial score (nSPS) is 11.2. The molecule has 0 saturated heterocycles. The van der Waals surface area contributed by atoms with E-state index in [4.69, 9.17) is 14.2 Å². The molecule has 1 aromatic heterocycles. The second kappa shape index (κ2) is 11.6. The first-order valence-corrected chi connectivity index (χ1v) is 10.5. The van der Waals surface area contributed by atoms with Crippen molar-refractivity contribution in [1.82, 2.24) is 10.3 Å². The number of aromatic nitrogens is 1. The first kappa shape index (κ1) is 21.2. The van der Waals surface area contributed by atoms with E-state index in [1.807, 2.05) is 30.6 Å². The lowest BCUT2D eigenvalue weighted by Gasteiger charge is -2.16. The third-order valence-corrected chi connectivity index (χ3v) is 5.53. The van der Waals surface area contributed by atoms with Gasteiger partial charge >= 0.3 is 0 Å². The van der Waals surface area contributed by atoms with Crippen LogP contribution in [0.25, 0.3) is 0 Å². The van der Waals surface area contributed by atoms with Gasteiger partial charge in [0.15, 0.2) is 17.5 Å². The first-order valence-electron chi connectivity index (χ1n) is 8.59. The summed E-state index contributed by atoms with van der Waals surface area (Å²) in [7, 11) is 4.78. The van der Waals surface area contributed by atoms with Crippen molar-refractivity contribution in [2.24, 2.45) is 4.99 Å². The molecule has 0 aliphatic heterocycles. The van der Waals surface area contributed by atoms with Gasteiger partial charge in [-0.05, 0) is 13.3 Å². The predicted octanol–water partition coefficient (Wildman–Crippen LogP) is 3.73. The molecule has 0 spiro atoms. The Hall–Kier alpha value is -2.13. The molecule has 0 amide bonds. The molecular formula is C18H26N4O3S2. The Labute approximate surface area is 168 Å². The number of nitrogens with one attached hydrogen (secondary N) is 2. The number of benzene rings is 1. The van der Waals surface area contributed by atoms with E-state index in [2.05, 4.69) is 20.6 Å². The Balaban J connectivity index is 1.99. The molecule has 7 nitrogen and oxygen atoms in total. The molecule has 2 aromatic rings. The average Bonchev–Trinajstić information content (AvgIpc) is 3.20. The SMILES string of the molecule is CCNC(=NCCCSc1nccs1)Nc1cc(OC)c(OC)c(OC)c1. The summed E-state index contributed by atoms with van der Waals surface area (Å²) in [5, 5.41) is 8.53. The van der Waals surface area contributed by atoms with E-state index >= 15 is 0 Å². The van der Waals surface area contributed by atoms with Gasteiger partial charge in [-0.25, -0.2) is 4.98 Å². The second-order valence-electron chi connectivity index (χ2n) is 5.30. The van der Waals surface area contributed by atoms with Crippen molar-refractivity contribution in [1.29, 1.82) is 0 Å². The van der Waals surface area contributed by atoms with Crippen molar-refractivity contribution in [2.45, 2.75) is 17.7 Å². The minimum absolute atomic E-state index is 0.562. The highest BCUT2D eigenvalue weighted by Crippen LogP contribution is 2.39. The van der Waals surface area contributed by atoms with Crippen molar-refractivity contribution in [3.63, 3.8) is 0 Å². The molecule has 2 rings (SSSR count). The summed E-state index contributed by atoms with van der Waals surface area (Å²) in [5.41, 5.74) is 0.807. The molecule has 0 aliphatic rings. The number of methoxy groups -OCH3 is 3.